The lowest BCUT2D eigenvalue weighted by Gasteiger charge is -2.29. The van der Waals surface area contributed by atoms with Crippen LogP contribution in [-0.4, -0.2) is 23.8 Å². The van der Waals surface area contributed by atoms with Gasteiger partial charge in [-0.25, -0.2) is 0 Å². The summed E-state index contributed by atoms with van der Waals surface area (Å²) in [4.78, 5) is 0. The molecule has 0 aliphatic carbocycles. The second kappa shape index (κ2) is 5.72. The molecule has 86 valence electrons. The standard InChI is InChI=1S/C12H27NO/c1-9(7-10(2)14)8-13-11(3)12(4,5)6/h9-11,13-14H,7-8H2,1-6H3/t9-,10-,11+/m0/s1. The third-order valence-corrected chi connectivity index (χ3v) is 2.82. The Kier molecular flexibility index (Phi) is 5.68. The highest BCUT2D eigenvalue weighted by molar-refractivity contribution is 4.76. The SMILES string of the molecule is C[C@H](CN[C@H](C)C(C)(C)C)C[C@H](C)O. The molecule has 0 spiro atoms. The van der Waals surface area contributed by atoms with Crippen molar-refractivity contribution < 1.29 is 5.11 Å². The first-order valence-electron chi connectivity index (χ1n) is 5.65. The first kappa shape index (κ1) is 13.9. The average Bonchev–Trinajstić information content (AvgIpc) is 1.96. The Morgan fingerprint density at radius 1 is 1.14 bits per heavy atom. The van der Waals surface area contributed by atoms with E-state index >= 15 is 0 Å². The van der Waals surface area contributed by atoms with Crippen molar-refractivity contribution in [2.45, 2.75) is 60.1 Å². The Bertz CT molecular complexity index is 149. The van der Waals surface area contributed by atoms with E-state index in [9.17, 15) is 5.11 Å². The molecule has 0 unspecified atom stereocenters. The average molecular weight is 201 g/mol. The van der Waals surface area contributed by atoms with Crippen molar-refractivity contribution in [2.24, 2.45) is 11.3 Å². The molecule has 0 aliphatic heterocycles. The predicted molar refractivity (Wildman–Crippen MR) is 62.4 cm³/mol. The highest BCUT2D eigenvalue weighted by atomic mass is 16.3. The maximum Gasteiger partial charge on any atom is 0.0515 e. The Morgan fingerprint density at radius 2 is 1.64 bits per heavy atom. The van der Waals surface area contributed by atoms with Crippen LogP contribution in [0.4, 0.5) is 0 Å². The number of rotatable bonds is 5. The van der Waals surface area contributed by atoms with E-state index in [-0.39, 0.29) is 6.10 Å². The molecule has 2 heteroatoms. The first-order valence-corrected chi connectivity index (χ1v) is 5.65. The van der Waals surface area contributed by atoms with Gasteiger partial charge in [-0.05, 0) is 38.1 Å². The molecule has 0 amide bonds. The number of hydrogen-bond acceptors (Lipinski definition) is 2. The van der Waals surface area contributed by atoms with E-state index in [1.165, 1.54) is 0 Å². The summed E-state index contributed by atoms with van der Waals surface area (Å²) in [6, 6.07) is 0.513. The molecule has 0 aliphatic rings. The number of hydrogen-bond donors (Lipinski definition) is 2. The smallest absolute Gasteiger partial charge is 0.0515 e. The minimum absolute atomic E-state index is 0.184. The van der Waals surface area contributed by atoms with Gasteiger partial charge in [-0.2, -0.15) is 0 Å². The third-order valence-electron chi connectivity index (χ3n) is 2.82. The molecule has 0 aromatic heterocycles. The molecule has 0 fully saturated rings. The van der Waals surface area contributed by atoms with Gasteiger partial charge in [0, 0.05) is 6.04 Å². The molecule has 3 atom stereocenters. The molecule has 0 aromatic rings. The molecule has 2 nitrogen and oxygen atoms in total. The number of aliphatic hydroxyl groups is 1. The Hall–Kier alpha value is -0.0800. The minimum atomic E-state index is -0.184. The summed E-state index contributed by atoms with van der Waals surface area (Å²) in [6.07, 6.45) is 0.695. The topological polar surface area (TPSA) is 32.3 Å². The molecule has 0 aromatic carbocycles. The fourth-order valence-corrected chi connectivity index (χ4v) is 1.35. The lowest BCUT2D eigenvalue weighted by atomic mass is 9.87. The molecular formula is C12H27NO. The van der Waals surface area contributed by atoms with Crippen LogP contribution in [0.15, 0.2) is 0 Å². The van der Waals surface area contributed by atoms with Crippen molar-refractivity contribution in [2.75, 3.05) is 6.54 Å². The van der Waals surface area contributed by atoms with Crippen molar-refractivity contribution in [3.63, 3.8) is 0 Å². The fraction of sp³-hybridized carbons (Fsp3) is 1.00. The number of aliphatic hydroxyl groups excluding tert-OH is 1. The molecular weight excluding hydrogens is 174 g/mol. The lowest BCUT2D eigenvalue weighted by Crippen LogP contribution is -2.40. The maximum atomic E-state index is 9.22. The quantitative estimate of drug-likeness (QED) is 0.716. The van der Waals surface area contributed by atoms with Crippen LogP contribution in [0.2, 0.25) is 0 Å². The van der Waals surface area contributed by atoms with Gasteiger partial charge >= 0.3 is 0 Å². The molecule has 14 heavy (non-hydrogen) atoms. The summed E-state index contributed by atoms with van der Waals surface area (Å²) in [7, 11) is 0. The molecule has 0 bridgehead atoms. The Balaban J connectivity index is 3.72. The van der Waals surface area contributed by atoms with E-state index in [1.807, 2.05) is 6.92 Å². The minimum Gasteiger partial charge on any atom is -0.393 e. The van der Waals surface area contributed by atoms with Crippen LogP contribution >= 0.6 is 0 Å². The fourth-order valence-electron chi connectivity index (χ4n) is 1.35. The van der Waals surface area contributed by atoms with Crippen molar-refractivity contribution in [3.05, 3.63) is 0 Å². The molecule has 0 saturated heterocycles. The van der Waals surface area contributed by atoms with Gasteiger partial charge in [-0.3, -0.25) is 0 Å². The summed E-state index contributed by atoms with van der Waals surface area (Å²) in [6.45, 7) is 14.0. The van der Waals surface area contributed by atoms with Crippen LogP contribution in [0.25, 0.3) is 0 Å². The normalized spacial score (nSPS) is 19.1. The molecule has 0 saturated carbocycles. The van der Waals surface area contributed by atoms with E-state index < -0.39 is 0 Å². The van der Waals surface area contributed by atoms with Crippen molar-refractivity contribution in [1.82, 2.24) is 5.32 Å². The molecule has 2 N–H and O–H groups in total. The summed E-state index contributed by atoms with van der Waals surface area (Å²) in [5.41, 5.74) is 0.310. The highest BCUT2D eigenvalue weighted by Crippen LogP contribution is 2.18. The van der Waals surface area contributed by atoms with Gasteiger partial charge in [0.1, 0.15) is 0 Å². The van der Waals surface area contributed by atoms with Crippen LogP contribution in [0.5, 0.6) is 0 Å². The van der Waals surface area contributed by atoms with Crippen molar-refractivity contribution in [1.29, 1.82) is 0 Å². The van der Waals surface area contributed by atoms with E-state index in [4.69, 9.17) is 0 Å². The van der Waals surface area contributed by atoms with Crippen molar-refractivity contribution >= 4 is 0 Å². The van der Waals surface area contributed by atoms with Gasteiger partial charge in [0.05, 0.1) is 6.10 Å². The van der Waals surface area contributed by atoms with Crippen LogP contribution in [-0.2, 0) is 0 Å². The van der Waals surface area contributed by atoms with Gasteiger partial charge in [0.2, 0.25) is 0 Å². The van der Waals surface area contributed by atoms with Gasteiger partial charge in [-0.15, -0.1) is 0 Å². The lowest BCUT2D eigenvalue weighted by molar-refractivity contribution is 0.159. The van der Waals surface area contributed by atoms with Gasteiger partial charge < -0.3 is 10.4 Å². The zero-order chi connectivity index (χ0) is 11.4. The van der Waals surface area contributed by atoms with Gasteiger partial charge in [0.15, 0.2) is 0 Å². The second-order valence-corrected chi connectivity index (χ2v) is 5.69. The van der Waals surface area contributed by atoms with Gasteiger partial charge in [-0.1, -0.05) is 27.7 Å². The van der Waals surface area contributed by atoms with E-state index in [0.29, 0.717) is 17.4 Å². The van der Waals surface area contributed by atoms with Crippen molar-refractivity contribution in [3.8, 4) is 0 Å². The van der Waals surface area contributed by atoms with E-state index in [1.54, 1.807) is 0 Å². The molecule has 0 heterocycles. The van der Waals surface area contributed by atoms with Gasteiger partial charge in [0.25, 0.3) is 0 Å². The van der Waals surface area contributed by atoms with Crippen LogP contribution in [0.3, 0.4) is 0 Å². The summed E-state index contributed by atoms with van der Waals surface area (Å²) < 4.78 is 0. The summed E-state index contributed by atoms with van der Waals surface area (Å²) >= 11 is 0. The zero-order valence-corrected chi connectivity index (χ0v) is 10.6. The Labute approximate surface area is 89.1 Å². The highest BCUT2D eigenvalue weighted by Gasteiger charge is 2.19. The molecule has 0 rings (SSSR count). The third kappa shape index (κ3) is 6.39. The largest absolute Gasteiger partial charge is 0.393 e. The molecule has 0 radical (unpaired) electrons. The Morgan fingerprint density at radius 3 is 2.00 bits per heavy atom. The first-order chi connectivity index (χ1) is 6.23. The zero-order valence-electron chi connectivity index (χ0n) is 10.6. The summed E-state index contributed by atoms with van der Waals surface area (Å²) in [5.74, 6) is 0.541. The second-order valence-electron chi connectivity index (χ2n) is 5.69. The van der Waals surface area contributed by atoms with Crippen LogP contribution < -0.4 is 5.32 Å². The maximum absolute atomic E-state index is 9.22. The predicted octanol–water partition coefficient (Wildman–Crippen LogP) is 2.42. The monoisotopic (exact) mass is 201 g/mol. The van der Waals surface area contributed by atoms with Crippen LogP contribution in [0, 0.1) is 11.3 Å². The number of nitrogens with one attached hydrogen (secondary N) is 1. The summed E-state index contributed by atoms with van der Waals surface area (Å²) in [5, 5.41) is 12.7. The van der Waals surface area contributed by atoms with E-state index in [2.05, 4.69) is 39.9 Å². The van der Waals surface area contributed by atoms with Crippen LogP contribution in [0.1, 0.15) is 48.0 Å². The van der Waals surface area contributed by atoms with E-state index in [0.717, 1.165) is 13.0 Å².